The molecule has 1 aliphatic rings. The minimum Gasteiger partial charge on any atom is -0.342 e. The van der Waals surface area contributed by atoms with Crippen molar-refractivity contribution in [3.63, 3.8) is 0 Å². The number of rotatable bonds is 6. The van der Waals surface area contributed by atoms with Crippen LogP contribution in [0.1, 0.15) is 32.3 Å². The minimum absolute atomic E-state index is 0.0154. The summed E-state index contributed by atoms with van der Waals surface area (Å²) in [4.78, 5) is 26.4. The predicted octanol–water partition coefficient (Wildman–Crippen LogP) is 4.97. The number of carbonyl (C=O) groups excluding carboxylic acids is 2. The Balaban J connectivity index is 1.50. The van der Waals surface area contributed by atoms with Gasteiger partial charge in [-0.1, -0.05) is 66.2 Å². The molecule has 0 bridgehead atoms. The smallest absolute Gasteiger partial charge is 0.229 e. The van der Waals surface area contributed by atoms with E-state index < -0.39 is 0 Å². The summed E-state index contributed by atoms with van der Waals surface area (Å²) in [6.45, 7) is 5.02. The number of thioether (sulfide) groups is 1. The number of carbonyl (C=O) groups is 2. The summed E-state index contributed by atoms with van der Waals surface area (Å²) in [7, 11) is 0. The fourth-order valence-corrected chi connectivity index (χ4v) is 5.55. The fourth-order valence-electron chi connectivity index (χ4n) is 3.06. The molecule has 2 heterocycles. The van der Waals surface area contributed by atoms with Crippen LogP contribution in [0.15, 0.2) is 22.5 Å². The number of likely N-dealkylation sites (tertiary alicyclic amines) is 1. The van der Waals surface area contributed by atoms with Gasteiger partial charge in [0.05, 0.1) is 0 Å². The fraction of sp³-hybridized carbons (Fsp3) is 0.474. The summed E-state index contributed by atoms with van der Waals surface area (Å²) < 4.78 is 0.730. The largest absolute Gasteiger partial charge is 0.342 e. The number of nitrogens with zero attached hydrogens (tertiary/aromatic N) is 3. The molecule has 0 radical (unpaired) electrons. The van der Waals surface area contributed by atoms with Crippen molar-refractivity contribution in [1.29, 1.82) is 0 Å². The lowest BCUT2D eigenvalue weighted by Gasteiger charge is -2.32. The van der Waals surface area contributed by atoms with Crippen molar-refractivity contribution in [2.24, 2.45) is 11.8 Å². The van der Waals surface area contributed by atoms with Crippen LogP contribution in [0.25, 0.3) is 0 Å². The van der Waals surface area contributed by atoms with Crippen molar-refractivity contribution in [3.05, 3.63) is 33.8 Å². The van der Waals surface area contributed by atoms with Crippen LogP contribution in [-0.2, 0) is 15.3 Å². The predicted molar refractivity (Wildman–Crippen MR) is 119 cm³/mol. The molecule has 6 nitrogen and oxygen atoms in total. The summed E-state index contributed by atoms with van der Waals surface area (Å²) >= 11 is 15.2. The molecule has 10 heteroatoms. The molecule has 156 valence electrons. The molecule has 1 saturated heterocycles. The maximum atomic E-state index is 12.5. The molecule has 1 aromatic heterocycles. The Labute approximate surface area is 188 Å². The molecular formula is C19H22Cl2N4O2S2. The summed E-state index contributed by atoms with van der Waals surface area (Å²) in [5.74, 6) is 0.520. The number of aromatic nitrogens is 2. The van der Waals surface area contributed by atoms with E-state index in [9.17, 15) is 9.59 Å². The molecule has 3 rings (SSSR count). The second kappa shape index (κ2) is 10.1. The van der Waals surface area contributed by atoms with E-state index in [0.29, 0.717) is 46.9 Å². The van der Waals surface area contributed by atoms with Crippen LogP contribution in [0.3, 0.4) is 0 Å². The van der Waals surface area contributed by atoms with Crippen LogP contribution < -0.4 is 5.32 Å². The molecule has 1 aliphatic heterocycles. The van der Waals surface area contributed by atoms with E-state index in [1.807, 2.05) is 18.7 Å². The molecule has 2 amide bonds. The molecule has 0 unspecified atom stereocenters. The molecule has 0 spiro atoms. The van der Waals surface area contributed by atoms with Crippen molar-refractivity contribution in [3.8, 4) is 0 Å². The van der Waals surface area contributed by atoms with E-state index in [1.54, 1.807) is 18.2 Å². The topological polar surface area (TPSA) is 75.2 Å². The van der Waals surface area contributed by atoms with E-state index in [4.69, 9.17) is 23.2 Å². The van der Waals surface area contributed by atoms with Crippen molar-refractivity contribution in [2.75, 3.05) is 18.4 Å². The second-order valence-electron chi connectivity index (χ2n) is 7.11. The number of nitrogens with one attached hydrogen (secondary N) is 1. The lowest BCUT2D eigenvalue weighted by atomic mass is 9.95. The lowest BCUT2D eigenvalue weighted by Crippen LogP contribution is -2.43. The Morgan fingerprint density at radius 3 is 2.52 bits per heavy atom. The first-order valence-corrected chi connectivity index (χ1v) is 11.9. The first kappa shape index (κ1) is 22.3. The third-order valence-electron chi connectivity index (χ3n) is 4.71. The molecule has 0 saturated carbocycles. The highest BCUT2D eigenvalue weighted by Crippen LogP contribution is 2.34. The van der Waals surface area contributed by atoms with Crippen LogP contribution >= 0.6 is 46.3 Å². The van der Waals surface area contributed by atoms with Gasteiger partial charge in [0.15, 0.2) is 4.34 Å². The van der Waals surface area contributed by atoms with E-state index in [-0.39, 0.29) is 23.7 Å². The summed E-state index contributed by atoms with van der Waals surface area (Å²) in [5, 5.41) is 12.7. The average Bonchev–Trinajstić information content (AvgIpc) is 3.14. The molecule has 1 N–H and O–H groups in total. The maximum absolute atomic E-state index is 12.5. The monoisotopic (exact) mass is 472 g/mol. The van der Waals surface area contributed by atoms with Gasteiger partial charge in [0, 0.05) is 40.7 Å². The summed E-state index contributed by atoms with van der Waals surface area (Å²) in [6.07, 6.45) is 1.32. The zero-order chi connectivity index (χ0) is 21.0. The number of piperidine rings is 1. The quantitative estimate of drug-likeness (QED) is 0.474. The number of amides is 2. The molecule has 2 aromatic rings. The highest BCUT2D eigenvalue weighted by atomic mass is 35.5. The summed E-state index contributed by atoms with van der Waals surface area (Å²) in [6, 6.07) is 5.41. The van der Waals surface area contributed by atoms with Gasteiger partial charge in [-0.25, -0.2) is 0 Å². The van der Waals surface area contributed by atoms with Crippen LogP contribution in [0.5, 0.6) is 0 Å². The summed E-state index contributed by atoms with van der Waals surface area (Å²) in [5.41, 5.74) is 0.851. The van der Waals surface area contributed by atoms with Gasteiger partial charge in [-0.2, -0.15) is 0 Å². The zero-order valence-electron chi connectivity index (χ0n) is 16.2. The zero-order valence-corrected chi connectivity index (χ0v) is 19.3. The normalized spacial score (nSPS) is 15.0. The first-order chi connectivity index (χ1) is 13.8. The third-order valence-corrected chi connectivity index (χ3v) is 7.42. The molecule has 0 atom stereocenters. The molecular weight excluding hydrogens is 451 g/mol. The van der Waals surface area contributed by atoms with Crippen LogP contribution in [0.2, 0.25) is 10.0 Å². The van der Waals surface area contributed by atoms with E-state index in [2.05, 4.69) is 15.5 Å². The average molecular weight is 473 g/mol. The van der Waals surface area contributed by atoms with E-state index in [1.165, 1.54) is 23.1 Å². The number of halogens is 2. The number of hydrogen-bond acceptors (Lipinski definition) is 6. The van der Waals surface area contributed by atoms with Gasteiger partial charge in [0.1, 0.15) is 0 Å². The number of hydrogen-bond donors (Lipinski definition) is 1. The highest BCUT2D eigenvalue weighted by Gasteiger charge is 2.28. The van der Waals surface area contributed by atoms with Gasteiger partial charge < -0.3 is 10.2 Å². The standard InChI is InChI=1S/C19H22Cl2N4O2S2/c1-11(2)17(27)25-8-6-12(7-9-25)16(26)22-18-23-24-19(29-18)28-10-13-14(20)4-3-5-15(13)21/h3-5,11-12H,6-10H2,1-2H3,(H,22,23,26). The van der Waals surface area contributed by atoms with Gasteiger partial charge >= 0.3 is 0 Å². The number of anilines is 1. The number of benzene rings is 1. The van der Waals surface area contributed by atoms with Crippen molar-refractivity contribution in [1.82, 2.24) is 15.1 Å². The van der Waals surface area contributed by atoms with Gasteiger partial charge in [0.25, 0.3) is 0 Å². The van der Waals surface area contributed by atoms with Crippen LogP contribution in [0, 0.1) is 11.8 Å². The van der Waals surface area contributed by atoms with Gasteiger partial charge in [-0.3, -0.25) is 9.59 Å². The Hall–Kier alpha value is -1.35. The maximum Gasteiger partial charge on any atom is 0.229 e. The molecule has 1 aromatic carbocycles. The van der Waals surface area contributed by atoms with Gasteiger partial charge in [-0.05, 0) is 30.5 Å². The van der Waals surface area contributed by atoms with Crippen molar-refractivity contribution < 1.29 is 9.59 Å². The van der Waals surface area contributed by atoms with Gasteiger partial charge in [0.2, 0.25) is 16.9 Å². The van der Waals surface area contributed by atoms with Crippen molar-refractivity contribution in [2.45, 2.75) is 36.8 Å². The minimum atomic E-state index is -0.117. The van der Waals surface area contributed by atoms with E-state index in [0.717, 1.165) is 9.90 Å². The van der Waals surface area contributed by atoms with E-state index >= 15 is 0 Å². The Morgan fingerprint density at radius 2 is 1.90 bits per heavy atom. The van der Waals surface area contributed by atoms with Crippen LogP contribution in [0.4, 0.5) is 5.13 Å². The molecule has 1 fully saturated rings. The van der Waals surface area contributed by atoms with Crippen LogP contribution in [-0.4, -0.2) is 40.0 Å². The van der Waals surface area contributed by atoms with Crippen molar-refractivity contribution >= 4 is 63.2 Å². The Bertz CT molecular complexity index is 863. The lowest BCUT2D eigenvalue weighted by molar-refractivity contribution is -0.137. The molecule has 0 aliphatic carbocycles. The third kappa shape index (κ3) is 5.84. The van der Waals surface area contributed by atoms with Gasteiger partial charge in [-0.15, -0.1) is 10.2 Å². The highest BCUT2D eigenvalue weighted by molar-refractivity contribution is 8.00. The Morgan fingerprint density at radius 1 is 1.24 bits per heavy atom. The first-order valence-electron chi connectivity index (χ1n) is 9.34. The molecule has 29 heavy (non-hydrogen) atoms. The Kier molecular flexibility index (Phi) is 7.79. The SMILES string of the molecule is CC(C)C(=O)N1CCC(C(=O)Nc2nnc(SCc3c(Cl)cccc3Cl)s2)CC1. The second-order valence-corrected chi connectivity index (χ2v) is 10.1.